The van der Waals surface area contributed by atoms with Crippen LogP contribution in [0, 0.1) is 57.2 Å². The summed E-state index contributed by atoms with van der Waals surface area (Å²) in [6, 6.07) is 0. The molecule has 30 heavy (non-hydrogen) atoms. The van der Waals surface area contributed by atoms with E-state index in [4.69, 9.17) is 0 Å². The lowest BCUT2D eigenvalue weighted by Crippen LogP contribution is -2.62. The molecule has 1 N–H and O–H groups in total. The molecule has 0 amide bonds. The zero-order chi connectivity index (χ0) is 22.1. The van der Waals surface area contributed by atoms with E-state index in [1.807, 2.05) is 5.57 Å². The number of hydrogen-bond donors (Lipinski definition) is 1. The highest BCUT2D eigenvalue weighted by molar-refractivity contribution is 5.33. The number of aliphatic hydroxyl groups excluding tert-OH is 1. The van der Waals surface area contributed by atoms with Gasteiger partial charge in [-0.1, -0.05) is 67.0 Å². The molecule has 1 nitrogen and oxygen atoms in total. The Balaban J connectivity index is 1.80. The Kier molecular flexibility index (Phi) is 5.61. The summed E-state index contributed by atoms with van der Waals surface area (Å²) < 4.78 is 0. The summed E-state index contributed by atoms with van der Waals surface area (Å²) in [6.45, 7) is 20.8. The molecule has 172 valence electrons. The third kappa shape index (κ3) is 2.89. The van der Waals surface area contributed by atoms with Crippen LogP contribution in [0.4, 0.5) is 0 Å². The molecule has 0 saturated heterocycles. The summed E-state index contributed by atoms with van der Waals surface area (Å²) in [5.41, 5.74) is 3.35. The van der Waals surface area contributed by atoms with Gasteiger partial charge in [-0.05, 0) is 109 Å². The van der Waals surface area contributed by atoms with Gasteiger partial charge in [0.15, 0.2) is 0 Å². The first kappa shape index (κ1) is 22.9. The Hall–Kier alpha value is -0.300. The van der Waals surface area contributed by atoms with Crippen molar-refractivity contribution in [3.63, 3.8) is 0 Å². The molecule has 0 aromatic carbocycles. The molecular weight excluding hydrogens is 364 g/mol. The molecule has 4 rings (SSSR count). The molecule has 3 fully saturated rings. The van der Waals surface area contributed by atoms with Gasteiger partial charge < -0.3 is 5.11 Å². The molecule has 0 radical (unpaired) electrons. The summed E-state index contributed by atoms with van der Waals surface area (Å²) in [7, 11) is 0. The minimum absolute atomic E-state index is 0.257. The number of allylic oxidation sites excluding steroid dienone is 2. The monoisotopic (exact) mass is 414 g/mol. The maximum absolute atomic E-state index is 10.1. The van der Waals surface area contributed by atoms with Crippen molar-refractivity contribution in [1.82, 2.24) is 0 Å². The normalized spacial score (nSPS) is 53.5. The molecule has 0 heterocycles. The van der Waals surface area contributed by atoms with Gasteiger partial charge in [0.1, 0.15) is 0 Å². The maximum atomic E-state index is 10.1. The third-order valence-corrected chi connectivity index (χ3v) is 12.2. The van der Waals surface area contributed by atoms with Crippen molar-refractivity contribution in [3.8, 4) is 0 Å². The average molecular weight is 415 g/mol. The third-order valence-electron chi connectivity index (χ3n) is 12.2. The quantitative estimate of drug-likeness (QED) is 0.466. The zero-order valence-electron chi connectivity index (χ0n) is 21.4. The van der Waals surface area contributed by atoms with Gasteiger partial charge in [-0.15, -0.1) is 0 Å². The van der Waals surface area contributed by atoms with Gasteiger partial charge in [-0.2, -0.15) is 0 Å². The van der Waals surface area contributed by atoms with Gasteiger partial charge in [0.25, 0.3) is 0 Å². The predicted molar refractivity (Wildman–Crippen MR) is 128 cm³/mol. The molecule has 0 aliphatic heterocycles. The van der Waals surface area contributed by atoms with Gasteiger partial charge in [0.2, 0.25) is 0 Å². The molecule has 1 heteroatoms. The van der Waals surface area contributed by atoms with Crippen molar-refractivity contribution in [2.45, 2.75) is 107 Å². The fourth-order valence-electron chi connectivity index (χ4n) is 9.94. The zero-order valence-corrected chi connectivity index (χ0v) is 21.4. The first-order valence-electron chi connectivity index (χ1n) is 13.3. The lowest BCUT2D eigenvalue weighted by molar-refractivity contribution is -0.158. The average Bonchev–Trinajstić information content (AvgIpc) is 2.66. The van der Waals surface area contributed by atoms with Crippen molar-refractivity contribution < 1.29 is 5.11 Å². The van der Waals surface area contributed by atoms with E-state index in [1.165, 1.54) is 44.9 Å². The van der Waals surface area contributed by atoms with Crippen LogP contribution in [-0.2, 0) is 0 Å². The summed E-state index contributed by atoms with van der Waals surface area (Å²) in [5, 5.41) is 10.1. The molecular formula is C29H50O. The summed E-state index contributed by atoms with van der Waals surface area (Å²) in [4.78, 5) is 0. The molecule has 3 saturated carbocycles. The number of aliphatic hydroxyl groups is 1. The largest absolute Gasteiger partial charge is 0.396 e. The summed E-state index contributed by atoms with van der Waals surface area (Å²) in [5.74, 6) is 4.60. The predicted octanol–water partition coefficient (Wildman–Crippen LogP) is 7.88. The van der Waals surface area contributed by atoms with E-state index < -0.39 is 0 Å². The first-order valence-corrected chi connectivity index (χ1v) is 13.3. The van der Waals surface area contributed by atoms with Crippen LogP contribution in [0.5, 0.6) is 0 Å². The van der Waals surface area contributed by atoms with E-state index in [9.17, 15) is 5.11 Å². The minimum atomic E-state index is 0.257. The second-order valence-corrected chi connectivity index (χ2v) is 13.6. The van der Waals surface area contributed by atoms with Crippen molar-refractivity contribution in [3.05, 3.63) is 11.6 Å². The van der Waals surface area contributed by atoms with Crippen LogP contribution in [0.1, 0.15) is 107 Å². The van der Waals surface area contributed by atoms with Crippen molar-refractivity contribution >= 4 is 0 Å². The van der Waals surface area contributed by atoms with Crippen LogP contribution in [0.15, 0.2) is 11.6 Å². The fraction of sp³-hybridized carbons (Fsp3) is 0.931. The SMILES string of the molecule is CC(C)[C@@H]1CC[C@]2(C)[C@H](CC=C3[C@@H]4[C@@H](C)[C@H](C)CC[C@]4(C)CC[C@]32C)[C@@]1(C)CCO. The van der Waals surface area contributed by atoms with Crippen LogP contribution < -0.4 is 0 Å². The van der Waals surface area contributed by atoms with Gasteiger partial charge >= 0.3 is 0 Å². The lowest BCUT2D eigenvalue weighted by atomic mass is 9.35. The van der Waals surface area contributed by atoms with Crippen molar-refractivity contribution in [2.24, 2.45) is 57.2 Å². The highest BCUT2D eigenvalue weighted by atomic mass is 16.3. The van der Waals surface area contributed by atoms with Crippen LogP contribution in [0.2, 0.25) is 0 Å². The molecule has 0 bridgehead atoms. The summed E-state index contributed by atoms with van der Waals surface area (Å²) in [6.07, 6.45) is 13.3. The van der Waals surface area contributed by atoms with Crippen LogP contribution in [0.25, 0.3) is 0 Å². The Morgan fingerprint density at radius 3 is 2.33 bits per heavy atom. The minimum Gasteiger partial charge on any atom is -0.396 e. The van der Waals surface area contributed by atoms with Gasteiger partial charge in [-0.25, -0.2) is 0 Å². The Morgan fingerprint density at radius 2 is 1.70 bits per heavy atom. The Labute approximate surface area is 187 Å². The lowest BCUT2D eigenvalue weighted by Gasteiger charge is -2.69. The maximum Gasteiger partial charge on any atom is 0.0436 e. The van der Waals surface area contributed by atoms with Crippen molar-refractivity contribution in [1.29, 1.82) is 0 Å². The van der Waals surface area contributed by atoms with Crippen LogP contribution in [-0.4, -0.2) is 11.7 Å². The highest BCUT2D eigenvalue weighted by Crippen LogP contribution is 2.73. The van der Waals surface area contributed by atoms with Gasteiger partial charge in [0.05, 0.1) is 0 Å². The van der Waals surface area contributed by atoms with Gasteiger partial charge in [-0.3, -0.25) is 0 Å². The van der Waals surface area contributed by atoms with E-state index in [0.29, 0.717) is 34.7 Å². The molecule has 4 aliphatic carbocycles. The standard InChI is InChI=1S/C29H50O/c1-19(2)22-12-14-29(8)24(27(22,6)17-18-30)10-9-23-25-21(4)20(3)11-13-26(25,5)15-16-28(23,29)7/h9,19-22,24-25,30H,10-18H2,1-8H3/t20-,21+,22+,24-,25+,26-,27+,28-,29-/m1/s1. The van der Waals surface area contributed by atoms with Crippen LogP contribution >= 0.6 is 0 Å². The van der Waals surface area contributed by atoms with E-state index in [0.717, 1.165) is 30.1 Å². The summed E-state index contributed by atoms with van der Waals surface area (Å²) >= 11 is 0. The highest BCUT2D eigenvalue weighted by Gasteiger charge is 2.65. The van der Waals surface area contributed by atoms with E-state index >= 15 is 0 Å². The molecule has 0 aromatic rings. The molecule has 0 unspecified atom stereocenters. The van der Waals surface area contributed by atoms with E-state index in [1.54, 1.807) is 0 Å². The van der Waals surface area contributed by atoms with Crippen LogP contribution in [0.3, 0.4) is 0 Å². The van der Waals surface area contributed by atoms with E-state index in [-0.39, 0.29) is 5.41 Å². The Morgan fingerprint density at radius 1 is 1.00 bits per heavy atom. The molecule has 0 aromatic heterocycles. The van der Waals surface area contributed by atoms with Crippen molar-refractivity contribution in [2.75, 3.05) is 6.61 Å². The first-order chi connectivity index (χ1) is 13.9. The second-order valence-electron chi connectivity index (χ2n) is 13.6. The topological polar surface area (TPSA) is 20.2 Å². The molecule has 4 aliphatic rings. The smallest absolute Gasteiger partial charge is 0.0436 e. The Bertz CT molecular complexity index is 692. The number of fused-ring (bicyclic) bond motifs is 5. The molecule has 9 atom stereocenters. The number of rotatable bonds is 3. The van der Waals surface area contributed by atoms with Gasteiger partial charge in [0, 0.05) is 6.61 Å². The second kappa shape index (κ2) is 7.36. The fourth-order valence-corrected chi connectivity index (χ4v) is 9.94. The number of hydrogen-bond acceptors (Lipinski definition) is 1. The van der Waals surface area contributed by atoms with E-state index in [2.05, 4.69) is 61.5 Å². The molecule has 0 spiro atoms.